The van der Waals surface area contributed by atoms with Crippen molar-refractivity contribution in [3.05, 3.63) is 92.4 Å². The lowest BCUT2D eigenvalue weighted by Crippen LogP contribution is -2.39. The molecule has 166 valence electrons. The minimum atomic E-state index is -0.547. The molecule has 8 heteroatoms. The van der Waals surface area contributed by atoms with Gasteiger partial charge in [0.15, 0.2) is 0 Å². The maximum atomic E-state index is 12.9. The monoisotopic (exact) mass is 567 g/mol. The van der Waals surface area contributed by atoms with Crippen molar-refractivity contribution in [1.29, 1.82) is 0 Å². The van der Waals surface area contributed by atoms with E-state index in [0.717, 1.165) is 31.5 Å². The second-order valence-electron chi connectivity index (χ2n) is 7.82. The van der Waals surface area contributed by atoms with Gasteiger partial charge in [-0.1, -0.05) is 62.2 Å². The third-order valence-electron chi connectivity index (χ3n) is 5.89. The summed E-state index contributed by atoms with van der Waals surface area (Å²) in [6, 6.07) is 21.0. The van der Waals surface area contributed by atoms with Crippen LogP contribution in [0.15, 0.2) is 80.8 Å². The van der Waals surface area contributed by atoms with Crippen molar-refractivity contribution >= 4 is 54.9 Å². The van der Waals surface area contributed by atoms with Crippen LogP contribution in [0.5, 0.6) is 5.75 Å². The minimum absolute atomic E-state index is 0.151. The van der Waals surface area contributed by atoms with Gasteiger partial charge in [-0.15, -0.1) is 0 Å². The third-order valence-corrected chi connectivity index (χ3v) is 6.91. The molecule has 1 amide bonds. The number of benzene rings is 3. The molecule has 3 aromatic carbocycles. The number of fused-ring (bicyclic) bond motifs is 1. The molecule has 33 heavy (non-hydrogen) atoms. The summed E-state index contributed by atoms with van der Waals surface area (Å²) in [5, 5.41) is 6.77. The molecule has 5 rings (SSSR count). The predicted octanol–water partition coefficient (Wildman–Crippen LogP) is 5.56. The molecule has 0 N–H and O–H groups in total. The average Bonchev–Trinajstić information content (AvgIpc) is 3.34. The third kappa shape index (κ3) is 3.98. The fourth-order valence-corrected chi connectivity index (χ4v) is 4.90. The fourth-order valence-electron chi connectivity index (χ4n) is 4.27. The Morgan fingerprint density at radius 2 is 1.73 bits per heavy atom. The highest BCUT2D eigenvalue weighted by molar-refractivity contribution is 9.10. The summed E-state index contributed by atoms with van der Waals surface area (Å²) in [5.41, 5.74) is 3.89. The molecule has 6 nitrogen and oxygen atoms in total. The molecule has 0 saturated carbocycles. The normalized spacial score (nSPS) is 17.4. The van der Waals surface area contributed by atoms with Crippen molar-refractivity contribution in [2.24, 2.45) is 5.10 Å². The van der Waals surface area contributed by atoms with Gasteiger partial charge in [-0.25, -0.2) is 0 Å². The zero-order valence-electron chi connectivity index (χ0n) is 17.7. The van der Waals surface area contributed by atoms with E-state index in [-0.39, 0.29) is 12.7 Å². The number of hydrogen-bond acceptors (Lipinski definition) is 5. The van der Waals surface area contributed by atoms with Gasteiger partial charge in [0.25, 0.3) is 5.78 Å². The van der Waals surface area contributed by atoms with E-state index in [0.29, 0.717) is 17.7 Å². The van der Waals surface area contributed by atoms with Crippen LogP contribution in [0, 0.1) is 0 Å². The Kier molecular flexibility index (Phi) is 5.80. The molecule has 0 saturated heterocycles. The average molecular weight is 569 g/mol. The minimum Gasteiger partial charge on any atom is -0.496 e. The Labute approximate surface area is 208 Å². The maximum Gasteiger partial charge on any atom is 0.301 e. The number of carbonyl (C=O) groups excluding carboxylic acids is 2. The Hall–Kier alpha value is -2.97. The quantitative estimate of drug-likeness (QED) is 0.378. The molecule has 0 aromatic heterocycles. The van der Waals surface area contributed by atoms with Crippen LogP contribution in [0.3, 0.4) is 0 Å². The van der Waals surface area contributed by atoms with E-state index >= 15 is 0 Å². The van der Waals surface area contributed by atoms with E-state index < -0.39 is 11.7 Å². The number of carbonyl (C=O) groups is 2. The first-order chi connectivity index (χ1) is 16.0. The number of Topliss-reactive ketones (excluding diaryl/α,β-unsaturated/α-hetero) is 1. The first-order valence-corrected chi connectivity index (χ1v) is 11.9. The summed E-state index contributed by atoms with van der Waals surface area (Å²) in [6.45, 7) is 0.155. The highest BCUT2D eigenvalue weighted by atomic mass is 79.9. The van der Waals surface area contributed by atoms with Crippen LogP contribution < -0.4 is 9.64 Å². The van der Waals surface area contributed by atoms with E-state index in [9.17, 15) is 9.59 Å². The lowest BCUT2D eigenvalue weighted by atomic mass is 9.98. The van der Waals surface area contributed by atoms with E-state index in [2.05, 4.69) is 31.9 Å². The number of ketones is 1. The van der Waals surface area contributed by atoms with Crippen LogP contribution in [0.1, 0.15) is 33.9 Å². The highest BCUT2D eigenvalue weighted by Crippen LogP contribution is 2.39. The van der Waals surface area contributed by atoms with Gasteiger partial charge in [0, 0.05) is 20.9 Å². The van der Waals surface area contributed by atoms with Crippen LogP contribution >= 0.6 is 31.9 Å². The number of nitrogens with zero attached hydrogens (tertiary/aromatic N) is 3. The summed E-state index contributed by atoms with van der Waals surface area (Å²) in [5.74, 6) is -0.293. The summed E-state index contributed by atoms with van der Waals surface area (Å²) in [7, 11) is 1.64. The van der Waals surface area contributed by atoms with Crippen molar-refractivity contribution in [3.63, 3.8) is 0 Å². The molecular weight excluding hydrogens is 550 g/mol. The standard InChI is InChI=1S/C25H19Br2N3O3/c1-33-23-5-3-2-4-18(23)22-13-20(15-6-8-16(26)9-7-15)28-30(22)14-29-21-11-10-17(27)12-19(21)24(31)25(29)32/h2-12,22H,13-14H2,1H3/t22-/m1/s1. The summed E-state index contributed by atoms with van der Waals surface area (Å²) in [6.07, 6.45) is 0.644. The molecular formula is C25H19Br2N3O3. The largest absolute Gasteiger partial charge is 0.496 e. The smallest absolute Gasteiger partial charge is 0.301 e. The number of amides is 1. The fraction of sp³-hybridized carbons (Fsp3) is 0.160. The van der Waals surface area contributed by atoms with Gasteiger partial charge >= 0.3 is 5.91 Å². The zero-order valence-corrected chi connectivity index (χ0v) is 20.8. The second kappa shape index (κ2) is 8.76. The molecule has 0 radical (unpaired) electrons. The number of methoxy groups -OCH3 is 1. The highest BCUT2D eigenvalue weighted by Gasteiger charge is 2.39. The molecule has 3 aromatic rings. The van der Waals surface area contributed by atoms with Crippen molar-refractivity contribution < 1.29 is 14.3 Å². The molecule has 0 fully saturated rings. The maximum absolute atomic E-state index is 12.9. The van der Waals surface area contributed by atoms with Gasteiger partial charge in [-0.2, -0.15) is 5.10 Å². The van der Waals surface area contributed by atoms with E-state index in [4.69, 9.17) is 9.84 Å². The van der Waals surface area contributed by atoms with Crippen molar-refractivity contribution in [3.8, 4) is 5.75 Å². The van der Waals surface area contributed by atoms with E-state index in [1.807, 2.05) is 59.6 Å². The first-order valence-electron chi connectivity index (χ1n) is 10.3. The Morgan fingerprint density at radius 1 is 1.00 bits per heavy atom. The number of rotatable bonds is 5. The lowest BCUT2D eigenvalue weighted by Gasteiger charge is -2.29. The number of hydrogen-bond donors (Lipinski definition) is 0. The first kappa shape index (κ1) is 21.9. The van der Waals surface area contributed by atoms with Gasteiger partial charge in [-0.3, -0.25) is 19.5 Å². The van der Waals surface area contributed by atoms with Crippen molar-refractivity contribution in [1.82, 2.24) is 5.01 Å². The summed E-state index contributed by atoms with van der Waals surface area (Å²) < 4.78 is 7.37. The van der Waals surface area contributed by atoms with Gasteiger partial charge in [0.2, 0.25) is 0 Å². The summed E-state index contributed by atoms with van der Waals surface area (Å²) in [4.78, 5) is 27.0. The van der Waals surface area contributed by atoms with Gasteiger partial charge < -0.3 is 4.74 Å². The van der Waals surface area contributed by atoms with Gasteiger partial charge in [0.05, 0.1) is 30.1 Å². The molecule has 0 unspecified atom stereocenters. The Morgan fingerprint density at radius 3 is 2.48 bits per heavy atom. The molecule has 1 atom stereocenters. The molecule has 0 spiro atoms. The van der Waals surface area contributed by atoms with Crippen LogP contribution in [-0.2, 0) is 4.79 Å². The molecule has 0 bridgehead atoms. The number of hydrazone groups is 1. The number of halogens is 2. The predicted molar refractivity (Wildman–Crippen MR) is 134 cm³/mol. The SMILES string of the molecule is COc1ccccc1[C@H]1CC(c2ccc(Br)cc2)=NN1CN1C(=O)C(=O)c2cc(Br)ccc21. The van der Waals surface area contributed by atoms with Crippen LogP contribution in [0.25, 0.3) is 0 Å². The molecule has 2 aliphatic rings. The van der Waals surface area contributed by atoms with E-state index in [1.54, 1.807) is 19.2 Å². The zero-order chi connectivity index (χ0) is 23.1. The number of ether oxygens (including phenoxy) is 1. The molecule has 0 aliphatic carbocycles. The van der Waals surface area contributed by atoms with Crippen molar-refractivity contribution in [2.45, 2.75) is 12.5 Å². The molecule has 2 aliphatic heterocycles. The topological polar surface area (TPSA) is 62.2 Å². The Balaban J connectivity index is 1.54. The van der Waals surface area contributed by atoms with Crippen LogP contribution in [0.4, 0.5) is 5.69 Å². The number of anilines is 1. The van der Waals surface area contributed by atoms with Gasteiger partial charge in [-0.05, 0) is 42.0 Å². The Bertz CT molecular complexity index is 1290. The van der Waals surface area contributed by atoms with E-state index in [1.165, 1.54) is 4.90 Å². The summed E-state index contributed by atoms with van der Waals surface area (Å²) >= 11 is 6.86. The number of para-hydroxylation sites is 1. The van der Waals surface area contributed by atoms with Gasteiger partial charge in [0.1, 0.15) is 12.4 Å². The second-order valence-corrected chi connectivity index (χ2v) is 9.65. The van der Waals surface area contributed by atoms with Crippen molar-refractivity contribution in [2.75, 3.05) is 18.7 Å². The lowest BCUT2D eigenvalue weighted by molar-refractivity contribution is -0.114. The molecule has 2 heterocycles. The van der Waals surface area contributed by atoms with Crippen LogP contribution in [0.2, 0.25) is 0 Å². The van der Waals surface area contributed by atoms with Crippen LogP contribution in [-0.4, -0.2) is 36.2 Å².